The van der Waals surface area contributed by atoms with E-state index in [1.807, 2.05) is 0 Å². The summed E-state index contributed by atoms with van der Waals surface area (Å²) >= 11 is 0. The molecule has 0 saturated carbocycles. The van der Waals surface area contributed by atoms with Gasteiger partial charge in [-0.3, -0.25) is 0 Å². The molecule has 0 unspecified atom stereocenters. The third kappa shape index (κ3) is 3.57. The summed E-state index contributed by atoms with van der Waals surface area (Å²) in [4.78, 5) is 10.8. The maximum atomic E-state index is 10.8. The lowest BCUT2D eigenvalue weighted by atomic mass is 10.3. The van der Waals surface area contributed by atoms with Crippen molar-refractivity contribution in [2.45, 2.75) is 25.6 Å². The van der Waals surface area contributed by atoms with Crippen LogP contribution in [0.5, 0.6) is 0 Å². The number of aliphatic hydroxyl groups is 1. The second kappa shape index (κ2) is 4.99. The minimum atomic E-state index is -0.438. The van der Waals surface area contributed by atoms with E-state index < -0.39 is 6.10 Å². The average Bonchev–Trinajstić information content (AvgIpc) is 2.49. The highest BCUT2D eigenvalue weighted by atomic mass is 16.6. The monoisotopic (exact) mass is 186 g/mol. The number of carbonyl (C=O) groups is 1. The lowest BCUT2D eigenvalue weighted by molar-refractivity contribution is -0.149. The first kappa shape index (κ1) is 10.2. The number of ether oxygens (including phenoxy) is 2. The SMILES string of the molecule is CCOC(=O)CO[C@@H]1C=C[C@@H](O)C1. The summed E-state index contributed by atoms with van der Waals surface area (Å²) in [6, 6.07) is 0. The molecule has 74 valence electrons. The highest BCUT2D eigenvalue weighted by Crippen LogP contribution is 2.13. The van der Waals surface area contributed by atoms with Crippen LogP contribution in [-0.4, -0.2) is 36.5 Å². The van der Waals surface area contributed by atoms with Crippen LogP contribution in [-0.2, 0) is 14.3 Å². The molecule has 13 heavy (non-hydrogen) atoms. The van der Waals surface area contributed by atoms with Gasteiger partial charge in [-0.15, -0.1) is 0 Å². The van der Waals surface area contributed by atoms with Gasteiger partial charge in [0.25, 0.3) is 0 Å². The van der Waals surface area contributed by atoms with E-state index in [2.05, 4.69) is 4.74 Å². The van der Waals surface area contributed by atoms with Gasteiger partial charge in [-0.1, -0.05) is 12.2 Å². The summed E-state index contributed by atoms with van der Waals surface area (Å²) in [6.45, 7) is 2.07. The Bertz CT molecular complexity index is 200. The zero-order valence-electron chi connectivity index (χ0n) is 7.60. The Kier molecular flexibility index (Phi) is 3.92. The van der Waals surface area contributed by atoms with E-state index in [0.717, 1.165) is 0 Å². The van der Waals surface area contributed by atoms with Gasteiger partial charge in [-0.2, -0.15) is 0 Å². The van der Waals surface area contributed by atoms with Crippen LogP contribution in [0.15, 0.2) is 12.2 Å². The Balaban J connectivity index is 2.13. The van der Waals surface area contributed by atoms with Crippen LogP contribution >= 0.6 is 0 Å². The van der Waals surface area contributed by atoms with E-state index in [-0.39, 0.29) is 18.7 Å². The first-order valence-corrected chi connectivity index (χ1v) is 4.36. The van der Waals surface area contributed by atoms with E-state index in [4.69, 9.17) is 9.84 Å². The van der Waals surface area contributed by atoms with Crippen LogP contribution in [0, 0.1) is 0 Å². The number of carbonyl (C=O) groups excluding carboxylic acids is 1. The topological polar surface area (TPSA) is 55.8 Å². The first-order chi connectivity index (χ1) is 6.22. The Labute approximate surface area is 77.1 Å². The highest BCUT2D eigenvalue weighted by Gasteiger charge is 2.17. The van der Waals surface area contributed by atoms with Crippen LogP contribution in [0.1, 0.15) is 13.3 Å². The van der Waals surface area contributed by atoms with Crippen molar-refractivity contribution in [1.29, 1.82) is 0 Å². The number of hydrogen-bond acceptors (Lipinski definition) is 4. The molecule has 4 heteroatoms. The summed E-state index contributed by atoms with van der Waals surface area (Å²) in [7, 11) is 0. The number of esters is 1. The highest BCUT2D eigenvalue weighted by molar-refractivity contribution is 5.70. The molecule has 0 aromatic heterocycles. The Morgan fingerprint density at radius 1 is 1.62 bits per heavy atom. The molecule has 0 spiro atoms. The molecule has 4 nitrogen and oxygen atoms in total. The fourth-order valence-electron chi connectivity index (χ4n) is 1.15. The zero-order chi connectivity index (χ0) is 9.68. The molecular formula is C9H14O4. The molecule has 2 atom stereocenters. The summed E-state index contributed by atoms with van der Waals surface area (Å²) in [5.74, 6) is -0.364. The molecule has 1 N–H and O–H groups in total. The van der Waals surface area contributed by atoms with Crippen molar-refractivity contribution in [3.8, 4) is 0 Å². The van der Waals surface area contributed by atoms with Crippen molar-refractivity contribution in [1.82, 2.24) is 0 Å². The number of aliphatic hydroxyl groups excluding tert-OH is 1. The maximum Gasteiger partial charge on any atom is 0.332 e. The van der Waals surface area contributed by atoms with Crippen molar-refractivity contribution in [3.63, 3.8) is 0 Å². The third-order valence-electron chi connectivity index (χ3n) is 1.74. The first-order valence-electron chi connectivity index (χ1n) is 4.36. The van der Waals surface area contributed by atoms with Gasteiger partial charge >= 0.3 is 5.97 Å². The molecule has 0 saturated heterocycles. The van der Waals surface area contributed by atoms with Gasteiger partial charge in [0.05, 0.1) is 18.8 Å². The summed E-state index contributed by atoms with van der Waals surface area (Å²) in [5.41, 5.74) is 0. The fraction of sp³-hybridized carbons (Fsp3) is 0.667. The molecule has 0 heterocycles. The van der Waals surface area contributed by atoms with Crippen molar-refractivity contribution >= 4 is 5.97 Å². The molecule has 0 fully saturated rings. The molecule has 1 aliphatic rings. The fourth-order valence-corrected chi connectivity index (χ4v) is 1.15. The van der Waals surface area contributed by atoms with Gasteiger partial charge in [0.15, 0.2) is 0 Å². The lowest BCUT2D eigenvalue weighted by Gasteiger charge is -2.09. The van der Waals surface area contributed by atoms with Gasteiger partial charge in [0, 0.05) is 6.42 Å². The third-order valence-corrected chi connectivity index (χ3v) is 1.74. The lowest BCUT2D eigenvalue weighted by Crippen LogP contribution is -2.18. The van der Waals surface area contributed by atoms with Gasteiger partial charge in [-0.25, -0.2) is 4.79 Å². The summed E-state index contributed by atoms with van der Waals surface area (Å²) in [5, 5.41) is 9.09. The predicted octanol–water partition coefficient (Wildman–Crippen LogP) is 0.255. The predicted molar refractivity (Wildman–Crippen MR) is 46.1 cm³/mol. The second-order valence-corrected chi connectivity index (χ2v) is 2.84. The molecule has 0 aliphatic heterocycles. The van der Waals surface area contributed by atoms with E-state index in [9.17, 15) is 4.79 Å². The van der Waals surface area contributed by atoms with Crippen LogP contribution in [0.25, 0.3) is 0 Å². The zero-order valence-corrected chi connectivity index (χ0v) is 7.60. The molecular weight excluding hydrogens is 172 g/mol. The van der Waals surface area contributed by atoms with Gasteiger partial charge in [-0.05, 0) is 6.92 Å². The molecule has 0 amide bonds. The molecule has 1 rings (SSSR count). The maximum absolute atomic E-state index is 10.8. The molecule has 0 bridgehead atoms. The van der Waals surface area contributed by atoms with Crippen molar-refractivity contribution in [2.24, 2.45) is 0 Å². The van der Waals surface area contributed by atoms with Crippen LogP contribution in [0.3, 0.4) is 0 Å². The second-order valence-electron chi connectivity index (χ2n) is 2.84. The Hall–Kier alpha value is -0.870. The van der Waals surface area contributed by atoms with Crippen LogP contribution in [0.2, 0.25) is 0 Å². The van der Waals surface area contributed by atoms with Gasteiger partial charge in [0.1, 0.15) is 6.61 Å². The minimum absolute atomic E-state index is 0.0461. The van der Waals surface area contributed by atoms with E-state index in [0.29, 0.717) is 13.0 Å². The van der Waals surface area contributed by atoms with Crippen molar-refractivity contribution < 1.29 is 19.4 Å². The number of hydrogen-bond donors (Lipinski definition) is 1. The summed E-state index contributed by atoms with van der Waals surface area (Å²) < 4.78 is 9.84. The van der Waals surface area contributed by atoms with E-state index in [1.54, 1.807) is 19.1 Å². The standard InChI is InChI=1S/C9H14O4/c1-2-12-9(11)6-13-8-4-3-7(10)5-8/h3-4,7-8,10H,2,5-6H2,1H3/t7-,8-/m1/s1. The van der Waals surface area contributed by atoms with E-state index in [1.165, 1.54) is 0 Å². The quantitative estimate of drug-likeness (QED) is 0.505. The van der Waals surface area contributed by atoms with E-state index >= 15 is 0 Å². The largest absolute Gasteiger partial charge is 0.464 e. The number of rotatable bonds is 4. The summed E-state index contributed by atoms with van der Waals surface area (Å²) in [6.07, 6.45) is 3.35. The molecule has 0 radical (unpaired) electrons. The van der Waals surface area contributed by atoms with Crippen molar-refractivity contribution in [2.75, 3.05) is 13.2 Å². The van der Waals surface area contributed by atoms with Gasteiger partial charge in [0.2, 0.25) is 0 Å². The Morgan fingerprint density at radius 3 is 2.92 bits per heavy atom. The average molecular weight is 186 g/mol. The smallest absolute Gasteiger partial charge is 0.332 e. The van der Waals surface area contributed by atoms with Gasteiger partial charge < -0.3 is 14.6 Å². The van der Waals surface area contributed by atoms with Crippen LogP contribution in [0.4, 0.5) is 0 Å². The Morgan fingerprint density at radius 2 is 2.38 bits per heavy atom. The van der Waals surface area contributed by atoms with Crippen molar-refractivity contribution in [3.05, 3.63) is 12.2 Å². The molecule has 0 aromatic rings. The normalized spacial score (nSPS) is 26.3. The minimum Gasteiger partial charge on any atom is -0.464 e. The molecule has 1 aliphatic carbocycles. The van der Waals surface area contributed by atoms with Crippen LogP contribution < -0.4 is 0 Å². The molecule has 0 aromatic carbocycles.